The molecule has 3 heterocycles. The predicted octanol–water partition coefficient (Wildman–Crippen LogP) is 3.01. The van der Waals surface area contributed by atoms with Crippen molar-refractivity contribution < 1.29 is 4.79 Å². The molecule has 1 fully saturated rings. The van der Waals surface area contributed by atoms with E-state index in [0.29, 0.717) is 5.56 Å². The molecule has 1 amide bonds. The quantitative estimate of drug-likeness (QED) is 0.916. The van der Waals surface area contributed by atoms with Crippen LogP contribution in [0.1, 0.15) is 30.1 Å². The molecule has 0 spiro atoms. The molecule has 1 N–H and O–H groups in total. The summed E-state index contributed by atoms with van der Waals surface area (Å²) in [5, 5.41) is 9.00. The van der Waals surface area contributed by atoms with E-state index in [0.717, 1.165) is 42.4 Å². The Morgan fingerprint density at radius 2 is 2.26 bits per heavy atom. The van der Waals surface area contributed by atoms with Crippen LogP contribution in [0.3, 0.4) is 0 Å². The number of rotatable bonds is 2. The molecule has 2 aromatic rings. The van der Waals surface area contributed by atoms with Crippen molar-refractivity contribution in [3.63, 3.8) is 0 Å². The highest BCUT2D eigenvalue weighted by Gasteiger charge is 2.24. The van der Waals surface area contributed by atoms with Gasteiger partial charge in [-0.2, -0.15) is 5.10 Å². The lowest BCUT2D eigenvalue weighted by atomic mass is 9.98. The third-order valence-electron chi connectivity index (χ3n) is 3.71. The molecule has 0 radical (unpaired) electrons. The van der Waals surface area contributed by atoms with Crippen molar-refractivity contribution in [2.24, 2.45) is 5.92 Å². The summed E-state index contributed by atoms with van der Waals surface area (Å²) in [6.45, 7) is 3.96. The van der Waals surface area contributed by atoms with Gasteiger partial charge in [0.1, 0.15) is 0 Å². The van der Waals surface area contributed by atoms with Gasteiger partial charge in [0.25, 0.3) is 5.91 Å². The molecular weight excluding hydrogens is 258 g/mol. The Hall–Kier alpha value is -1.62. The zero-order valence-electron chi connectivity index (χ0n) is 10.9. The number of H-pyrrole nitrogens is 1. The number of carbonyl (C=O) groups is 1. The molecule has 4 nitrogen and oxygen atoms in total. The number of hydrogen-bond acceptors (Lipinski definition) is 3. The fourth-order valence-corrected chi connectivity index (χ4v) is 3.17. The van der Waals surface area contributed by atoms with Crippen LogP contribution >= 0.6 is 11.3 Å². The van der Waals surface area contributed by atoms with Crippen LogP contribution in [0.25, 0.3) is 10.6 Å². The molecule has 0 aliphatic carbocycles. The zero-order chi connectivity index (χ0) is 13.2. The largest absolute Gasteiger partial charge is 0.339 e. The number of hydrogen-bond donors (Lipinski definition) is 1. The lowest BCUT2D eigenvalue weighted by Gasteiger charge is -2.30. The molecule has 0 unspecified atom stereocenters. The van der Waals surface area contributed by atoms with Gasteiger partial charge in [0, 0.05) is 13.1 Å². The maximum Gasteiger partial charge on any atom is 0.257 e. The number of nitrogens with zero attached hydrogens (tertiary/aromatic N) is 2. The number of aromatic nitrogens is 2. The Morgan fingerprint density at radius 1 is 1.47 bits per heavy atom. The van der Waals surface area contributed by atoms with E-state index in [1.165, 1.54) is 0 Å². The standard InChI is InChI=1S/C14H17N3OS/c1-10-4-6-17(7-5-10)14(18)11-9-15-16-13(11)12-3-2-8-19-12/h2-3,8-10H,4-7H2,1H3,(H,15,16). The van der Waals surface area contributed by atoms with Crippen LogP contribution in [0.15, 0.2) is 23.7 Å². The molecule has 19 heavy (non-hydrogen) atoms. The topological polar surface area (TPSA) is 49.0 Å². The van der Waals surface area contributed by atoms with Crippen molar-refractivity contribution in [1.82, 2.24) is 15.1 Å². The highest BCUT2D eigenvalue weighted by molar-refractivity contribution is 7.13. The summed E-state index contributed by atoms with van der Waals surface area (Å²) in [5.41, 5.74) is 1.54. The molecular formula is C14H17N3OS. The second kappa shape index (κ2) is 5.17. The molecule has 1 aliphatic rings. The van der Waals surface area contributed by atoms with Gasteiger partial charge in [0.05, 0.1) is 22.3 Å². The van der Waals surface area contributed by atoms with Gasteiger partial charge in [-0.05, 0) is 30.2 Å². The first-order chi connectivity index (χ1) is 9.25. The van der Waals surface area contributed by atoms with Crippen LogP contribution in [0.4, 0.5) is 0 Å². The molecule has 0 saturated carbocycles. The molecule has 5 heteroatoms. The number of likely N-dealkylation sites (tertiary alicyclic amines) is 1. The van der Waals surface area contributed by atoms with E-state index in [-0.39, 0.29) is 5.91 Å². The van der Waals surface area contributed by atoms with Gasteiger partial charge in [-0.15, -0.1) is 11.3 Å². The van der Waals surface area contributed by atoms with E-state index >= 15 is 0 Å². The molecule has 0 atom stereocenters. The highest BCUT2D eigenvalue weighted by Crippen LogP contribution is 2.27. The first kappa shape index (κ1) is 12.4. The van der Waals surface area contributed by atoms with Gasteiger partial charge in [-0.25, -0.2) is 0 Å². The minimum atomic E-state index is 0.101. The van der Waals surface area contributed by atoms with Gasteiger partial charge in [-0.3, -0.25) is 9.89 Å². The smallest absolute Gasteiger partial charge is 0.257 e. The highest BCUT2D eigenvalue weighted by atomic mass is 32.1. The molecule has 1 saturated heterocycles. The van der Waals surface area contributed by atoms with Crippen molar-refractivity contribution in [3.05, 3.63) is 29.3 Å². The summed E-state index contributed by atoms with van der Waals surface area (Å²) in [6, 6.07) is 3.99. The summed E-state index contributed by atoms with van der Waals surface area (Å²) >= 11 is 1.62. The van der Waals surface area contributed by atoms with Gasteiger partial charge >= 0.3 is 0 Å². The monoisotopic (exact) mass is 275 g/mol. The van der Waals surface area contributed by atoms with E-state index < -0.39 is 0 Å². The molecule has 0 aromatic carbocycles. The SMILES string of the molecule is CC1CCN(C(=O)c2cn[nH]c2-c2cccs2)CC1. The summed E-state index contributed by atoms with van der Waals surface area (Å²) in [6.07, 6.45) is 3.84. The fourth-order valence-electron chi connectivity index (χ4n) is 2.44. The van der Waals surface area contributed by atoms with Crippen molar-refractivity contribution in [2.45, 2.75) is 19.8 Å². The van der Waals surface area contributed by atoms with Gasteiger partial charge < -0.3 is 4.90 Å². The fraction of sp³-hybridized carbons (Fsp3) is 0.429. The number of thiophene rings is 1. The lowest BCUT2D eigenvalue weighted by Crippen LogP contribution is -2.37. The minimum absolute atomic E-state index is 0.101. The summed E-state index contributed by atoms with van der Waals surface area (Å²) in [4.78, 5) is 15.6. The molecule has 100 valence electrons. The number of nitrogens with one attached hydrogen (secondary N) is 1. The van der Waals surface area contributed by atoms with Crippen molar-refractivity contribution in [3.8, 4) is 10.6 Å². The minimum Gasteiger partial charge on any atom is -0.339 e. The molecule has 1 aliphatic heterocycles. The van der Waals surface area contributed by atoms with E-state index in [1.54, 1.807) is 17.5 Å². The summed E-state index contributed by atoms with van der Waals surface area (Å²) in [5.74, 6) is 0.828. The second-order valence-corrected chi connectivity index (χ2v) is 6.06. The van der Waals surface area contributed by atoms with Gasteiger partial charge in [-0.1, -0.05) is 13.0 Å². The first-order valence-corrected chi connectivity index (χ1v) is 7.50. The maximum absolute atomic E-state index is 12.6. The Morgan fingerprint density at radius 3 is 2.95 bits per heavy atom. The van der Waals surface area contributed by atoms with Crippen LogP contribution in [0, 0.1) is 5.92 Å². The van der Waals surface area contributed by atoms with Crippen LogP contribution in [0.5, 0.6) is 0 Å². The molecule has 2 aromatic heterocycles. The number of amides is 1. The van der Waals surface area contributed by atoms with E-state index in [1.807, 2.05) is 22.4 Å². The van der Waals surface area contributed by atoms with Crippen molar-refractivity contribution in [1.29, 1.82) is 0 Å². The van der Waals surface area contributed by atoms with Crippen LogP contribution in [-0.2, 0) is 0 Å². The van der Waals surface area contributed by atoms with Crippen LogP contribution in [-0.4, -0.2) is 34.1 Å². The number of carbonyl (C=O) groups excluding carboxylic acids is 1. The number of piperidine rings is 1. The Bertz CT molecular complexity index is 553. The normalized spacial score (nSPS) is 16.8. The van der Waals surface area contributed by atoms with E-state index in [4.69, 9.17) is 0 Å². The second-order valence-electron chi connectivity index (χ2n) is 5.11. The molecule has 0 bridgehead atoms. The third-order valence-corrected chi connectivity index (χ3v) is 4.60. The zero-order valence-corrected chi connectivity index (χ0v) is 11.7. The maximum atomic E-state index is 12.6. The average Bonchev–Trinajstić information content (AvgIpc) is 3.09. The Kier molecular flexibility index (Phi) is 3.38. The summed E-state index contributed by atoms with van der Waals surface area (Å²) in [7, 11) is 0. The van der Waals surface area contributed by atoms with E-state index in [9.17, 15) is 4.79 Å². The number of aromatic amines is 1. The predicted molar refractivity (Wildman–Crippen MR) is 76.2 cm³/mol. The van der Waals surface area contributed by atoms with Crippen LogP contribution < -0.4 is 0 Å². The Balaban J connectivity index is 1.83. The first-order valence-electron chi connectivity index (χ1n) is 6.62. The third kappa shape index (κ3) is 2.42. The van der Waals surface area contributed by atoms with Crippen molar-refractivity contribution in [2.75, 3.05) is 13.1 Å². The van der Waals surface area contributed by atoms with Crippen molar-refractivity contribution >= 4 is 17.2 Å². The van der Waals surface area contributed by atoms with E-state index in [2.05, 4.69) is 17.1 Å². The Labute approximate surface area is 116 Å². The van der Waals surface area contributed by atoms with Gasteiger partial charge in [0.2, 0.25) is 0 Å². The average molecular weight is 275 g/mol. The lowest BCUT2D eigenvalue weighted by molar-refractivity contribution is 0.0698. The molecule has 3 rings (SSSR count). The summed E-state index contributed by atoms with van der Waals surface area (Å²) < 4.78 is 0. The van der Waals surface area contributed by atoms with Gasteiger partial charge in [0.15, 0.2) is 0 Å². The van der Waals surface area contributed by atoms with Crippen LogP contribution in [0.2, 0.25) is 0 Å².